The lowest BCUT2D eigenvalue weighted by atomic mass is 10.1. The van der Waals surface area contributed by atoms with E-state index in [1.807, 2.05) is 20.8 Å². The van der Waals surface area contributed by atoms with Crippen molar-refractivity contribution < 1.29 is 17.5 Å². The number of nitrogens with zero attached hydrogens (tertiary/aromatic N) is 3. The van der Waals surface area contributed by atoms with Gasteiger partial charge in [0.05, 0.1) is 18.9 Å². The fourth-order valence-corrected chi connectivity index (χ4v) is 4.33. The van der Waals surface area contributed by atoms with Crippen LogP contribution in [0, 0.1) is 5.82 Å². The van der Waals surface area contributed by atoms with Gasteiger partial charge < -0.3 is 15.0 Å². The molecule has 1 fully saturated rings. The van der Waals surface area contributed by atoms with Crippen molar-refractivity contribution in [1.82, 2.24) is 14.5 Å². The Bertz CT molecular complexity index is 770. The first kappa shape index (κ1) is 23.6. The normalized spacial score (nSPS) is 20.9. The van der Waals surface area contributed by atoms with E-state index >= 15 is 0 Å². The van der Waals surface area contributed by atoms with Crippen LogP contribution < -0.4 is 5.32 Å². The minimum Gasteiger partial charge on any atom is -0.367 e. The molecule has 1 aliphatic heterocycles. The zero-order valence-electron chi connectivity index (χ0n) is 17.8. The summed E-state index contributed by atoms with van der Waals surface area (Å²) >= 11 is 0. The number of nitrogens with one attached hydrogen (secondary N) is 1. The lowest BCUT2D eigenvalue weighted by molar-refractivity contribution is -0.0605. The maximum absolute atomic E-state index is 13.2. The summed E-state index contributed by atoms with van der Waals surface area (Å²) < 4.78 is 44.2. The number of aliphatic imine (C=N–C) groups is 1. The quantitative estimate of drug-likeness (QED) is 0.390. The van der Waals surface area contributed by atoms with Gasteiger partial charge in [-0.3, -0.25) is 4.99 Å². The van der Waals surface area contributed by atoms with Crippen LogP contribution >= 0.6 is 0 Å². The van der Waals surface area contributed by atoms with E-state index in [0.717, 1.165) is 18.1 Å². The van der Waals surface area contributed by atoms with Crippen molar-refractivity contribution in [3.63, 3.8) is 0 Å². The van der Waals surface area contributed by atoms with E-state index in [9.17, 15) is 12.8 Å². The molecule has 1 saturated heterocycles. The second kappa shape index (κ2) is 10.9. The highest BCUT2D eigenvalue weighted by atomic mass is 32.2. The second-order valence-electron chi connectivity index (χ2n) is 7.24. The molecule has 29 heavy (non-hydrogen) atoms. The molecule has 7 nitrogen and oxygen atoms in total. The van der Waals surface area contributed by atoms with Crippen LogP contribution in [0.25, 0.3) is 0 Å². The Hall–Kier alpha value is -1.71. The van der Waals surface area contributed by atoms with E-state index in [0.29, 0.717) is 39.1 Å². The molecule has 0 spiro atoms. The molecule has 9 heteroatoms. The van der Waals surface area contributed by atoms with Gasteiger partial charge in [-0.15, -0.1) is 0 Å². The lowest BCUT2D eigenvalue weighted by Crippen LogP contribution is -2.50. The molecule has 164 valence electrons. The predicted octanol–water partition coefficient (Wildman–Crippen LogP) is 2.22. The van der Waals surface area contributed by atoms with E-state index in [2.05, 4.69) is 10.2 Å². The van der Waals surface area contributed by atoms with Crippen molar-refractivity contribution in [1.29, 1.82) is 0 Å². The fourth-order valence-electron chi connectivity index (χ4n) is 3.40. The minimum atomic E-state index is -3.18. The van der Waals surface area contributed by atoms with Gasteiger partial charge in [-0.05, 0) is 38.0 Å². The van der Waals surface area contributed by atoms with Crippen molar-refractivity contribution in [2.24, 2.45) is 4.99 Å². The summed E-state index contributed by atoms with van der Waals surface area (Å²) in [5.74, 6) is 0.525. The molecular formula is C20H33FN4O3S. The highest BCUT2D eigenvalue weighted by Gasteiger charge is 2.28. The molecule has 1 N–H and O–H groups in total. The number of guanidine groups is 1. The van der Waals surface area contributed by atoms with Crippen LogP contribution in [-0.4, -0.2) is 75.2 Å². The Kier molecular flexibility index (Phi) is 8.85. The van der Waals surface area contributed by atoms with Gasteiger partial charge in [-0.2, -0.15) is 0 Å². The standard InChI is InChI=1S/C20H33FN4O3S/c1-5-22-20(23-12-7-13-25(6-2)29(4,26)27)24-14-16(3)28-19(15-24)17-8-10-18(21)11-9-17/h8-11,16,19H,5-7,12-15H2,1-4H3,(H,22,23). The Morgan fingerprint density at radius 3 is 2.59 bits per heavy atom. The molecule has 0 bridgehead atoms. The zero-order chi connectivity index (χ0) is 21.4. The summed E-state index contributed by atoms with van der Waals surface area (Å²) in [7, 11) is -3.18. The molecule has 1 heterocycles. The first-order valence-corrected chi connectivity index (χ1v) is 12.0. The molecule has 0 saturated carbocycles. The maximum atomic E-state index is 13.2. The molecule has 2 atom stereocenters. The minimum absolute atomic E-state index is 0.00322. The molecule has 1 aromatic carbocycles. The van der Waals surface area contributed by atoms with E-state index < -0.39 is 10.0 Å². The van der Waals surface area contributed by atoms with Crippen molar-refractivity contribution in [2.75, 3.05) is 45.5 Å². The van der Waals surface area contributed by atoms with Gasteiger partial charge in [-0.1, -0.05) is 19.1 Å². The molecule has 0 amide bonds. The van der Waals surface area contributed by atoms with Crippen LogP contribution in [0.1, 0.15) is 38.9 Å². The summed E-state index contributed by atoms with van der Waals surface area (Å²) in [5, 5.41) is 3.31. The fraction of sp³-hybridized carbons (Fsp3) is 0.650. The summed E-state index contributed by atoms with van der Waals surface area (Å²) in [6.07, 6.45) is 1.72. The Morgan fingerprint density at radius 2 is 2.00 bits per heavy atom. The second-order valence-corrected chi connectivity index (χ2v) is 9.22. The van der Waals surface area contributed by atoms with Crippen molar-refractivity contribution in [2.45, 2.75) is 39.4 Å². The number of rotatable bonds is 8. The Morgan fingerprint density at radius 1 is 1.31 bits per heavy atom. The predicted molar refractivity (Wildman–Crippen MR) is 114 cm³/mol. The average Bonchev–Trinajstić information content (AvgIpc) is 2.66. The van der Waals surface area contributed by atoms with Crippen LogP contribution in [0.5, 0.6) is 0 Å². The van der Waals surface area contributed by atoms with Crippen LogP contribution in [-0.2, 0) is 14.8 Å². The van der Waals surface area contributed by atoms with E-state index in [1.165, 1.54) is 22.7 Å². The molecule has 0 radical (unpaired) electrons. The third-order valence-electron chi connectivity index (χ3n) is 4.79. The number of benzene rings is 1. The van der Waals surface area contributed by atoms with Gasteiger partial charge in [0, 0.05) is 32.7 Å². The maximum Gasteiger partial charge on any atom is 0.211 e. The number of hydrogen-bond donors (Lipinski definition) is 1. The Labute approximate surface area is 174 Å². The number of halogens is 1. The highest BCUT2D eigenvalue weighted by molar-refractivity contribution is 7.88. The van der Waals surface area contributed by atoms with Crippen LogP contribution in [0.3, 0.4) is 0 Å². The molecule has 1 aromatic rings. The molecular weight excluding hydrogens is 395 g/mol. The van der Waals surface area contributed by atoms with Gasteiger partial charge in [0.2, 0.25) is 10.0 Å². The molecule has 2 unspecified atom stereocenters. The third-order valence-corrected chi connectivity index (χ3v) is 6.16. The summed E-state index contributed by atoms with van der Waals surface area (Å²) in [6.45, 7) is 9.35. The van der Waals surface area contributed by atoms with Crippen molar-refractivity contribution in [3.8, 4) is 0 Å². The monoisotopic (exact) mass is 428 g/mol. The lowest BCUT2D eigenvalue weighted by Gasteiger charge is -2.38. The number of hydrogen-bond acceptors (Lipinski definition) is 4. The molecule has 0 aromatic heterocycles. The third kappa shape index (κ3) is 7.24. The first-order chi connectivity index (χ1) is 13.7. The summed E-state index contributed by atoms with van der Waals surface area (Å²) in [4.78, 5) is 6.85. The van der Waals surface area contributed by atoms with Crippen LogP contribution in [0.2, 0.25) is 0 Å². The van der Waals surface area contributed by atoms with Gasteiger partial charge >= 0.3 is 0 Å². The van der Waals surface area contributed by atoms with Crippen LogP contribution in [0.15, 0.2) is 29.3 Å². The number of ether oxygens (including phenoxy) is 1. The topological polar surface area (TPSA) is 74.2 Å². The summed E-state index contributed by atoms with van der Waals surface area (Å²) in [6, 6.07) is 6.40. The van der Waals surface area contributed by atoms with Crippen molar-refractivity contribution in [3.05, 3.63) is 35.6 Å². The number of morpholine rings is 1. The van der Waals surface area contributed by atoms with Gasteiger partial charge in [0.15, 0.2) is 5.96 Å². The van der Waals surface area contributed by atoms with Gasteiger partial charge in [-0.25, -0.2) is 17.1 Å². The van der Waals surface area contributed by atoms with E-state index in [4.69, 9.17) is 9.73 Å². The molecule has 0 aliphatic carbocycles. The Balaban J connectivity index is 2.03. The molecule has 2 rings (SSSR count). The largest absolute Gasteiger partial charge is 0.367 e. The van der Waals surface area contributed by atoms with E-state index in [-0.39, 0.29) is 18.0 Å². The smallest absolute Gasteiger partial charge is 0.211 e. The zero-order valence-corrected chi connectivity index (χ0v) is 18.6. The first-order valence-electron chi connectivity index (χ1n) is 10.1. The number of sulfonamides is 1. The molecule has 1 aliphatic rings. The van der Waals surface area contributed by atoms with Crippen molar-refractivity contribution >= 4 is 16.0 Å². The SMILES string of the molecule is CCNC(=NCCCN(CC)S(C)(=O)=O)N1CC(C)OC(c2ccc(F)cc2)C1. The van der Waals surface area contributed by atoms with Gasteiger partial charge in [0.1, 0.15) is 11.9 Å². The average molecular weight is 429 g/mol. The highest BCUT2D eigenvalue weighted by Crippen LogP contribution is 2.25. The van der Waals surface area contributed by atoms with E-state index in [1.54, 1.807) is 12.1 Å². The van der Waals surface area contributed by atoms with Crippen LogP contribution in [0.4, 0.5) is 4.39 Å². The van der Waals surface area contributed by atoms with Gasteiger partial charge in [0.25, 0.3) is 0 Å². The summed E-state index contributed by atoms with van der Waals surface area (Å²) in [5.41, 5.74) is 0.936.